The first kappa shape index (κ1) is 15.5. The summed E-state index contributed by atoms with van der Waals surface area (Å²) in [6.45, 7) is 8.46. The summed E-state index contributed by atoms with van der Waals surface area (Å²) < 4.78 is 5.12. The number of rotatable bonds is 4. The summed E-state index contributed by atoms with van der Waals surface area (Å²) in [6, 6.07) is 9.94. The van der Waals surface area contributed by atoms with Crippen molar-refractivity contribution in [1.82, 2.24) is 4.90 Å². The molecule has 0 saturated carbocycles. The molecular formula is C17H24N2O2. The van der Waals surface area contributed by atoms with Crippen molar-refractivity contribution < 1.29 is 9.53 Å². The van der Waals surface area contributed by atoms with Crippen molar-refractivity contribution in [3.8, 4) is 0 Å². The van der Waals surface area contributed by atoms with E-state index in [1.807, 2.05) is 30.3 Å². The molecule has 2 atom stereocenters. The van der Waals surface area contributed by atoms with Gasteiger partial charge in [0.25, 0.3) is 0 Å². The summed E-state index contributed by atoms with van der Waals surface area (Å²) >= 11 is 0. The number of benzene rings is 1. The molecule has 4 nitrogen and oxygen atoms in total. The molecular weight excluding hydrogens is 264 g/mol. The van der Waals surface area contributed by atoms with E-state index in [9.17, 15) is 4.79 Å². The van der Waals surface area contributed by atoms with Crippen molar-refractivity contribution >= 4 is 12.3 Å². The standard InChI is InChI=1S/C17H24N2O2/c1-12(2)15-17(16(20)21-5,14-9-7-6-8-10-14)18-11-19(15)13(3)4/h6-13,15H,1-5H3/t15-,17-/m1/s1. The fourth-order valence-corrected chi connectivity index (χ4v) is 3.19. The third-order valence-electron chi connectivity index (χ3n) is 4.08. The summed E-state index contributed by atoms with van der Waals surface area (Å²) in [4.78, 5) is 19.5. The molecule has 0 unspecified atom stereocenters. The molecule has 0 spiro atoms. The molecule has 21 heavy (non-hydrogen) atoms. The van der Waals surface area contributed by atoms with Crippen LogP contribution in [0.2, 0.25) is 0 Å². The van der Waals surface area contributed by atoms with Crippen molar-refractivity contribution in [2.24, 2.45) is 10.9 Å². The predicted molar refractivity (Wildman–Crippen MR) is 84.2 cm³/mol. The summed E-state index contributed by atoms with van der Waals surface area (Å²) in [5.74, 6) is -0.0407. The van der Waals surface area contributed by atoms with Gasteiger partial charge in [-0.25, -0.2) is 4.79 Å². The normalized spacial score (nSPS) is 24.9. The van der Waals surface area contributed by atoms with Gasteiger partial charge in [-0.3, -0.25) is 4.99 Å². The van der Waals surface area contributed by atoms with Gasteiger partial charge in [0.05, 0.1) is 19.5 Å². The number of nitrogens with zero attached hydrogens (tertiary/aromatic N) is 2. The molecule has 1 aliphatic heterocycles. The van der Waals surface area contributed by atoms with Crippen LogP contribution >= 0.6 is 0 Å². The number of hydrogen-bond acceptors (Lipinski definition) is 4. The highest BCUT2D eigenvalue weighted by atomic mass is 16.5. The van der Waals surface area contributed by atoms with Crippen molar-refractivity contribution in [3.05, 3.63) is 35.9 Å². The van der Waals surface area contributed by atoms with Gasteiger partial charge in [-0.05, 0) is 25.3 Å². The third-order valence-corrected chi connectivity index (χ3v) is 4.08. The second-order valence-corrected chi connectivity index (χ2v) is 6.10. The predicted octanol–water partition coefficient (Wildman–Crippen LogP) is 2.83. The van der Waals surface area contributed by atoms with Gasteiger partial charge in [-0.15, -0.1) is 0 Å². The lowest BCUT2D eigenvalue weighted by atomic mass is 9.78. The maximum atomic E-state index is 12.7. The van der Waals surface area contributed by atoms with Crippen LogP contribution < -0.4 is 0 Å². The molecule has 0 radical (unpaired) electrons. The molecule has 0 amide bonds. The van der Waals surface area contributed by atoms with Crippen LogP contribution in [0.1, 0.15) is 33.3 Å². The SMILES string of the molecule is COC(=O)[C@]1(c2ccccc2)N=CN(C(C)C)[C@@H]1C(C)C. The van der Waals surface area contributed by atoms with E-state index in [1.54, 1.807) is 6.34 Å². The van der Waals surface area contributed by atoms with Crippen molar-refractivity contribution in [3.63, 3.8) is 0 Å². The van der Waals surface area contributed by atoms with E-state index in [4.69, 9.17) is 4.74 Å². The zero-order valence-electron chi connectivity index (χ0n) is 13.4. The maximum Gasteiger partial charge on any atom is 0.340 e. The van der Waals surface area contributed by atoms with Gasteiger partial charge >= 0.3 is 5.97 Å². The summed E-state index contributed by atoms with van der Waals surface area (Å²) in [5.41, 5.74) is -0.0935. The van der Waals surface area contributed by atoms with Gasteiger partial charge in [0.2, 0.25) is 5.54 Å². The van der Waals surface area contributed by atoms with Crippen LogP contribution in [0.25, 0.3) is 0 Å². The lowest BCUT2D eigenvalue weighted by Crippen LogP contribution is -2.53. The average Bonchev–Trinajstić information content (AvgIpc) is 2.89. The molecule has 114 valence electrons. The van der Waals surface area contributed by atoms with Crippen molar-refractivity contribution in [2.45, 2.75) is 45.3 Å². The summed E-state index contributed by atoms with van der Waals surface area (Å²) in [6.07, 6.45) is 1.80. The quantitative estimate of drug-likeness (QED) is 0.800. The van der Waals surface area contributed by atoms with Gasteiger partial charge in [-0.2, -0.15) is 0 Å². The Bertz CT molecular complexity index is 525. The summed E-state index contributed by atoms with van der Waals surface area (Å²) in [7, 11) is 1.43. The third kappa shape index (κ3) is 2.43. The Hall–Kier alpha value is -1.84. The minimum atomic E-state index is -0.978. The molecule has 4 heteroatoms. The van der Waals surface area contributed by atoms with E-state index in [1.165, 1.54) is 7.11 Å². The van der Waals surface area contributed by atoms with Crippen molar-refractivity contribution in [1.29, 1.82) is 0 Å². The Kier molecular flexibility index (Phi) is 4.35. The first-order valence-corrected chi connectivity index (χ1v) is 7.41. The van der Waals surface area contributed by atoms with Crippen LogP contribution in [-0.2, 0) is 15.1 Å². The van der Waals surface area contributed by atoms with E-state index >= 15 is 0 Å². The Morgan fingerprint density at radius 3 is 2.33 bits per heavy atom. The molecule has 1 aromatic rings. The van der Waals surface area contributed by atoms with Crippen LogP contribution in [0.5, 0.6) is 0 Å². The van der Waals surface area contributed by atoms with Crippen LogP contribution in [0, 0.1) is 5.92 Å². The monoisotopic (exact) mass is 288 g/mol. The number of hydrogen-bond donors (Lipinski definition) is 0. The lowest BCUT2D eigenvalue weighted by molar-refractivity contribution is -0.149. The first-order valence-electron chi connectivity index (χ1n) is 7.41. The highest BCUT2D eigenvalue weighted by molar-refractivity contribution is 5.88. The topological polar surface area (TPSA) is 41.9 Å². The van der Waals surface area contributed by atoms with Crippen LogP contribution in [-0.4, -0.2) is 36.4 Å². The van der Waals surface area contributed by atoms with Gasteiger partial charge in [0.1, 0.15) is 0 Å². The van der Waals surface area contributed by atoms with Crippen molar-refractivity contribution in [2.75, 3.05) is 7.11 Å². The maximum absolute atomic E-state index is 12.7. The Labute approximate surface area is 126 Å². The number of methoxy groups -OCH3 is 1. The first-order chi connectivity index (χ1) is 9.95. The highest BCUT2D eigenvalue weighted by Gasteiger charge is 2.55. The van der Waals surface area contributed by atoms with E-state index < -0.39 is 5.54 Å². The lowest BCUT2D eigenvalue weighted by Gasteiger charge is -2.39. The Balaban J connectivity index is 2.60. The van der Waals surface area contributed by atoms with Gasteiger partial charge < -0.3 is 9.64 Å². The zero-order chi connectivity index (χ0) is 15.6. The Morgan fingerprint density at radius 2 is 1.86 bits per heavy atom. The van der Waals surface area contributed by atoms with E-state index in [2.05, 4.69) is 37.6 Å². The second-order valence-electron chi connectivity index (χ2n) is 6.10. The molecule has 1 aromatic carbocycles. The van der Waals surface area contributed by atoms with Crippen LogP contribution in [0.15, 0.2) is 35.3 Å². The minimum absolute atomic E-state index is 0.0488. The number of aliphatic imine (C=N–C) groups is 1. The molecule has 0 fully saturated rings. The smallest absolute Gasteiger partial charge is 0.340 e. The van der Waals surface area contributed by atoms with Crippen LogP contribution in [0.4, 0.5) is 0 Å². The van der Waals surface area contributed by atoms with Crippen LogP contribution in [0.3, 0.4) is 0 Å². The van der Waals surface area contributed by atoms with Gasteiger partial charge in [0, 0.05) is 6.04 Å². The molecule has 0 aliphatic carbocycles. The number of esters is 1. The number of ether oxygens (including phenoxy) is 1. The van der Waals surface area contributed by atoms with E-state index in [0.29, 0.717) is 0 Å². The molecule has 0 bridgehead atoms. The van der Waals surface area contributed by atoms with E-state index in [-0.39, 0.29) is 24.0 Å². The average molecular weight is 288 g/mol. The molecule has 1 aliphatic rings. The Morgan fingerprint density at radius 1 is 1.24 bits per heavy atom. The molecule has 0 saturated heterocycles. The van der Waals surface area contributed by atoms with Gasteiger partial charge in [0.15, 0.2) is 0 Å². The zero-order valence-corrected chi connectivity index (χ0v) is 13.4. The molecule has 0 aromatic heterocycles. The molecule has 2 rings (SSSR count). The fraction of sp³-hybridized carbons (Fsp3) is 0.529. The molecule has 0 N–H and O–H groups in total. The minimum Gasteiger partial charge on any atom is -0.467 e. The highest BCUT2D eigenvalue weighted by Crippen LogP contribution is 2.41. The fourth-order valence-electron chi connectivity index (χ4n) is 3.19. The number of carbonyl (C=O) groups excluding carboxylic acids is 1. The second kappa shape index (κ2) is 5.88. The van der Waals surface area contributed by atoms with Gasteiger partial charge in [-0.1, -0.05) is 44.2 Å². The number of carbonyl (C=O) groups is 1. The summed E-state index contributed by atoms with van der Waals surface area (Å²) in [5, 5.41) is 0. The molecule has 1 heterocycles. The van der Waals surface area contributed by atoms with E-state index in [0.717, 1.165) is 5.56 Å². The largest absolute Gasteiger partial charge is 0.467 e.